The highest BCUT2D eigenvalue weighted by molar-refractivity contribution is 7.99. The molecule has 0 spiro atoms. The van der Waals surface area contributed by atoms with E-state index in [0.29, 0.717) is 17.5 Å². The molecular formula is C14H19N5OS. The Morgan fingerprint density at radius 2 is 2.19 bits per heavy atom. The first kappa shape index (κ1) is 15.5. The molecule has 112 valence electrons. The van der Waals surface area contributed by atoms with Gasteiger partial charge in [-0.25, -0.2) is 4.98 Å². The van der Waals surface area contributed by atoms with Gasteiger partial charge >= 0.3 is 0 Å². The summed E-state index contributed by atoms with van der Waals surface area (Å²) in [7, 11) is 0. The van der Waals surface area contributed by atoms with Crippen molar-refractivity contribution in [2.75, 3.05) is 12.3 Å². The number of hydrogen-bond donors (Lipinski definition) is 3. The smallest absolute Gasteiger partial charge is 0.243 e. The molecule has 1 heterocycles. The minimum atomic E-state index is -0.922. The van der Waals surface area contributed by atoms with E-state index in [2.05, 4.69) is 20.5 Å². The highest BCUT2D eigenvalue weighted by atomic mass is 32.2. The average Bonchev–Trinajstić information content (AvgIpc) is 3.02. The Kier molecular flexibility index (Phi) is 5.35. The summed E-state index contributed by atoms with van der Waals surface area (Å²) in [5, 5.41) is 10.6. The molecule has 2 aromatic rings. The van der Waals surface area contributed by atoms with Gasteiger partial charge in [0.05, 0.1) is 0 Å². The number of hydrogen-bond acceptors (Lipinski definition) is 5. The lowest BCUT2D eigenvalue weighted by Gasteiger charge is -2.31. The van der Waals surface area contributed by atoms with Crippen LogP contribution in [0.4, 0.5) is 0 Å². The van der Waals surface area contributed by atoms with Gasteiger partial charge in [0.1, 0.15) is 11.9 Å². The minimum absolute atomic E-state index is 0.394. The van der Waals surface area contributed by atoms with E-state index in [1.54, 1.807) is 0 Å². The predicted molar refractivity (Wildman–Crippen MR) is 82.7 cm³/mol. The second-order valence-electron chi connectivity index (χ2n) is 4.64. The Balaban J connectivity index is 2.28. The summed E-state index contributed by atoms with van der Waals surface area (Å²) in [6.45, 7) is 2.75. The van der Waals surface area contributed by atoms with Crippen LogP contribution in [-0.4, -0.2) is 33.4 Å². The van der Waals surface area contributed by atoms with Gasteiger partial charge in [0, 0.05) is 5.75 Å². The molecule has 4 N–H and O–H groups in total. The number of nitrogens with zero attached hydrogens (tertiary/aromatic N) is 2. The van der Waals surface area contributed by atoms with Gasteiger partial charge in [-0.2, -0.15) is 5.10 Å². The monoisotopic (exact) mass is 305 g/mol. The summed E-state index contributed by atoms with van der Waals surface area (Å²) in [5.74, 6) is 0.0517. The summed E-state index contributed by atoms with van der Waals surface area (Å²) < 4.78 is 0. The van der Waals surface area contributed by atoms with Crippen LogP contribution in [0.3, 0.4) is 0 Å². The molecule has 0 radical (unpaired) electrons. The third-order valence-corrected chi connectivity index (χ3v) is 4.23. The van der Waals surface area contributed by atoms with E-state index < -0.39 is 11.4 Å². The van der Waals surface area contributed by atoms with E-state index in [-0.39, 0.29) is 0 Å². The molecule has 0 saturated heterocycles. The molecule has 0 aliphatic rings. The predicted octanol–water partition coefficient (Wildman–Crippen LogP) is 1.28. The number of carbonyl (C=O) groups is 1. The molecule has 6 nitrogen and oxygen atoms in total. The van der Waals surface area contributed by atoms with Crippen LogP contribution in [0.2, 0.25) is 0 Å². The zero-order chi connectivity index (χ0) is 15.1. The zero-order valence-electron chi connectivity index (χ0n) is 11.9. The van der Waals surface area contributed by atoms with E-state index in [1.807, 2.05) is 37.3 Å². The Labute approximate surface area is 127 Å². The van der Waals surface area contributed by atoms with Crippen molar-refractivity contribution >= 4 is 17.7 Å². The molecule has 1 aromatic heterocycles. The van der Waals surface area contributed by atoms with Gasteiger partial charge in [-0.05, 0) is 18.5 Å². The lowest BCUT2D eigenvalue weighted by Crippen LogP contribution is -2.55. The Morgan fingerprint density at radius 1 is 1.43 bits per heavy atom. The fourth-order valence-corrected chi connectivity index (χ4v) is 3.04. The van der Waals surface area contributed by atoms with Crippen molar-refractivity contribution in [3.05, 3.63) is 42.2 Å². The van der Waals surface area contributed by atoms with E-state index in [1.165, 1.54) is 18.1 Å². The maximum absolute atomic E-state index is 12.2. The number of carbonyl (C=O) groups excluding carboxylic acids is 1. The third kappa shape index (κ3) is 3.62. The summed E-state index contributed by atoms with van der Waals surface area (Å²) in [4.78, 5) is 16.3. The fraction of sp³-hybridized carbons (Fsp3) is 0.357. The zero-order valence-corrected chi connectivity index (χ0v) is 12.7. The van der Waals surface area contributed by atoms with Gasteiger partial charge in [-0.3, -0.25) is 15.2 Å². The van der Waals surface area contributed by atoms with Crippen LogP contribution in [0, 0.1) is 0 Å². The summed E-state index contributed by atoms with van der Waals surface area (Å²) in [5.41, 5.74) is 5.66. The molecule has 7 heteroatoms. The van der Waals surface area contributed by atoms with Crippen LogP contribution in [0.1, 0.15) is 18.9 Å². The second-order valence-corrected chi connectivity index (χ2v) is 5.61. The minimum Gasteiger partial charge on any atom is -0.368 e. The maximum Gasteiger partial charge on any atom is 0.243 e. The molecule has 0 fully saturated rings. The van der Waals surface area contributed by atoms with Crippen molar-refractivity contribution in [3.63, 3.8) is 0 Å². The Morgan fingerprint density at radius 3 is 2.76 bits per heavy atom. The molecule has 1 aromatic carbocycles. The molecule has 1 amide bonds. The molecule has 0 bridgehead atoms. The first-order chi connectivity index (χ1) is 10.2. The second kappa shape index (κ2) is 7.24. The van der Waals surface area contributed by atoms with Gasteiger partial charge in [0.25, 0.3) is 0 Å². The van der Waals surface area contributed by atoms with Crippen molar-refractivity contribution in [1.82, 2.24) is 20.5 Å². The maximum atomic E-state index is 12.2. The third-order valence-electron chi connectivity index (χ3n) is 3.18. The summed E-state index contributed by atoms with van der Waals surface area (Å²) in [6.07, 6.45) is 2.35. The number of amides is 1. The van der Waals surface area contributed by atoms with Gasteiger partial charge in [0.15, 0.2) is 5.16 Å². The van der Waals surface area contributed by atoms with Gasteiger partial charge in [-0.1, -0.05) is 49.0 Å². The van der Waals surface area contributed by atoms with Crippen LogP contribution in [-0.2, 0) is 10.3 Å². The highest BCUT2D eigenvalue weighted by Gasteiger charge is 2.38. The number of aromatic amines is 1. The first-order valence-electron chi connectivity index (χ1n) is 6.77. The lowest BCUT2D eigenvalue weighted by molar-refractivity contribution is -0.123. The molecule has 1 unspecified atom stereocenters. The number of aromatic nitrogens is 3. The number of nitrogens with two attached hydrogens (primary N) is 1. The van der Waals surface area contributed by atoms with Gasteiger partial charge in [-0.15, -0.1) is 0 Å². The summed E-state index contributed by atoms with van der Waals surface area (Å²) in [6, 6.07) is 9.54. The molecule has 0 aliphatic carbocycles. The van der Waals surface area contributed by atoms with Gasteiger partial charge in [0.2, 0.25) is 5.91 Å². The van der Waals surface area contributed by atoms with Crippen molar-refractivity contribution in [2.24, 2.45) is 5.73 Å². The number of benzene rings is 1. The molecule has 21 heavy (non-hydrogen) atoms. The SMILES string of the molecule is CCCNC(CSc1ncn[nH]1)(C(N)=O)c1ccccc1. The Hall–Kier alpha value is -1.86. The first-order valence-corrected chi connectivity index (χ1v) is 7.76. The number of nitrogens with one attached hydrogen (secondary N) is 2. The topological polar surface area (TPSA) is 96.7 Å². The highest BCUT2D eigenvalue weighted by Crippen LogP contribution is 2.28. The number of rotatable bonds is 8. The van der Waals surface area contributed by atoms with Crippen molar-refractivity contribution in [3.8, 4) is 0 Å². The van der Waals surface area contributed by atoms with Crippen molar-refractivity contribution in [2.45, 2.75) is 24.0 Å². The fourth-order valence-electron chi connectivity index (χ4n) is 2.04. The molecular weight excluding hydrogens is 286 g/mol. The average molecular weight is 305 g/mol. The lowest BCUT2D eigenvalue weighted by atomic mass is 9.91. The number of H-pyrrole nitrogens is 1. The van der Waals surface area contributed by atoms with Crippen LogP contribution in [0.5, 0.6) is 0 Å². The van der Waals surface area contributed by atoms with E-state index in [0.717, 1.165) is 12.0 Å². The molecule has 1 atom stereocenters. The van der Waals surface area contributed by atoms with E-state index >= 15 is 0 Å². The number of thioether (sulfide) groups is 1. The van der Waals surface area contributed by atoms with Crippen molar-refractivity contribution < 1.29 is 4.79 Å². The normalized spacial score (nSPS) is 13.8. The van der Waals surface area contributed by atoms with Crippen LogP contribution < -0.4 is 11.1 Å². The quantitative estimate of drug-likeness (QED) is 0.638. The summed E-state index contributed by atoms with van der Waals surface area (Å²) >= 11 is 1.42. The van der Waals surface area contributed by atoms with Crippen LogP contribution in [0.25, 0.3) is 0 Å². The molecule has 2 rings (SSSR count). The standard InChI is InChI=1S/C14H19N5OS/c1-2-8-17-14(12(15)20,11-6-4-3-5-7-11)9-21-13-16-10-18-19-13/h3-7,10,17H,2,8-9H2,1H3,(H2,15,20)(H,16,18,19). The molecule has 0 aliphatic heterocycles. The largest absolute Gasteiger partial charge is 0.368 e. The Bertz CT molecular complexity index is 560. The van der Waals surface area contributed by atoms with Crippen LogP contribution >= 0.6 is 11.8 Å². The van der Waals surface area contributed by atoms with E-state index in [4.69, 9.17) is 5.73 Å². The van der Waals surface area contributed by atoms with Crippen molar-refractivity contribution in [1.29, 1.82) is 0 Å². The van der Waals surface area contributed by atoms with Gasteiger partial charge < -0.3 is 5.73 Å². The van der Waals surface area contributed by atoms with E-state index in [9.17, 15) is 4.79 Å². The van der Waals surface area contributed by atoms with Crippen LogP contribution in [0.15, 0.2) is 41.8 Å². The molecule has 0 saturated carbocycles. The number of primary amides is 1.